The number of hydrogen-bond acceptors (Lipinski definition) is 5. The van der Waals surface area contributed by atoms with Crippen molar-refractivity contribution in [3.8, 4) is 0 Å². The van der Waals surface area contributed by atoms with Crippen molar-refractivity contribution < 1.29 is 14.1 Å². The third-order valence-corrected chi connectivity index (χ3v) is 4.96. The monoisotopic (exact) mass is 372 g/mol. The van der Waals surface area contributed by atoms with Crippen LogP contribution in [0.5, 0.6) is 0 Å². The van der Waals surface area contributed by atoms with E-state index in [2.05, 4.69) is 39.7 Å². The van der Waals surface area contributed by atoms with Gasteiger partial charge in [0.1, 0.15) is 11.4 Å². The molecule has 0 saturated carbocycles. The van der Waals surface area contributed by atoms with Crippen LogP contribution in [0.3, 0.4) is 0 Å². The van der Waals surface area contributed by atoms with Crippen molar-refractivity contribution in [2.45, 2.75) is 39.3 Å². The maximum Gasteiger partial charge on any atom is 0.319 e. The van der Waals surface area contributed by atoms with Crippen molar-refractivity contribution in [2.75, 3.05) is 31.6 Å². The summed E-state index contributed by atoms with van der Waals surface area (Å²) in [5.74, 6) is 0.677. The van der Waals surface area contributed by atoms with Crippen LogP contribution < -0.4 is 10.6 Å². The van der Waals surface area contributed by atoms with E-state index in [1.165, 1.54) is 5.56 Å². The lowest BCUT2D eigenvalue weighted by Gasteiger charge is -2.41. The highest BCUT2D eigenvalue weighted by atomic mass is 16.5. The molecule has 7 nitrogen and oxygen atoms in total. The number of carbonyl (C=O) groups excluding carboxylic acids is 1. The molecule has 2 heterocycles. The van der Waals surface area contributed by atoms with Gasteiger partial charge in [-0.25, -0.2) is 4.79 Å². The van der Waals surface area contributed by atoms with E-state index in [9.17, 15) is 4.79 Å². The summed E-state index contributed by atoms with van der Waals surface area (Å²) in [6.45, 7) is 8.84. The number of aryl methyl sites for hydroxylation is 2. The Hall–Kier alpha value is -2.38. The molecule has 0 bridgehead atoms. The van der Waals surface area contributed by atoms with Crippen LogP contribution in [0.1, 0.15) is 36.9 Å². The molecular weight excluding hydrogens is 344 g/mol. The van der Waals surface area contributed by atoms with E-state index in [0.29, 0.717) is 36.7 Å². The highest BCUT2D eigenvalue weighted by molar-refractivity contribution is 5.90. The Balaban J connectivity index is 1.66. The van der Waals surface area contributed by atoms with Crippen LogP contribution >= 0.6 is 0 Å². The molecule has 1 aliphatic heterocycles. The van der Waals surface area contributed by atoms with Crippen molar-refractivity contribution in [3.05, 3.63) is 47.3 Å². The summed E-state index contributed by atoms with van der Waals surface area (Å²) >= 11 is 0. The van der Waals surface area contributed by atoms with Gasteiger partial charge in [0, 0.05) is 19.5 Å². The number of hydrogen-bond donors (Lipinski definition) is 2. The number of nitrogens with zero attached hydrogens (tertiary/aromatic N) is 2. The summed E-state index contributed by atoms with van der Waals surface area (Å²) in [5.41, 5.74) is 2.53. The van der Waals surface area contributed by atoms with Crippen LogP contribution in [0.25, 0.3) is 0 Å². The Labute approximate surface area is 160 Å². The Kier molecular flexibility index (Phi) is 6.47. The Morgan fingerprint density at radius 1 is 1.30 bits per heavy atom. The molecule has 0 radical (unpaired) electrons. The molecule has 2 amide bonds. The van der Waals surface area contributed by atoms with Crippen LogP contribution in [0.2, 0.25) is 0 Å². The molecule has 27 heavy (non-hydrogen) atoms. The van der Waals surface area contributed by atoms with Gasteiger partial charge in [0.15, 0.2) is 5.76 Å². The maximum absolute atomic E-state index is 12.4. The largest absolute Gasteiger partial charge is 0.373 e. The lowest BCUT2D eigenvalue weighted by molar-refractivity contribution is -0.0680. The first kappa shape index (κ1) is 19.4. The highest BCUT2D eigenvalue weighted by Gasteiger charge is 2.33. The first-order chi connectivity index (χ1) is 13.1. The molecular formula is C20H28N4O3. The predicted octanol–water partition coefficient (Wildman–Crippen LogP) is 3.13. The van der Waals surface area contributed by atoms with Gasteiger partial charge in [-0.1, -0.05) is 49.3 Å². The first-order valence-electron chi connectivity index (χ1n) is 9.54. The minimum atomic E-state index is -0.278. The van der Waals surface area contributed by atoms with Gasteiger partial charge in [-0.15, -0.1) is 0 Å². The van der Waals surface area contributed by atoms with Crippen molar-refractivity contribution in [2.24, 2.45) is 0 Å². The molecule has 1 fully saturated rings. The average Bonchev–Trinajstić information content (AvgIpc) is 3.06. The van der Waals surface area contributed by atoms with E-state index in [4.69, 9.17) is 9.26 Å². The first-order valence-corrected chi connectivity index (χ1v) is 9.54. The molecule has 0 spiro atoms. The predicted molar refractivity (Wildman–Crippen MR) is 104 cm³/mol. The number of nitrogens with one attached hydrogen (secondary N) is 2. The molecule has 0 unspecified atom stereocenters. The fraction of sp³-hybridized carbons (Fsp3) is 0.500. The zero-order valence-corrected chi connectivity index (χ0v) is 16.2. The van der Waals surface area contributed by atoms with Crippen LogP contribution in [0.15, 0.2) is 34.9 Å². The van der Waals surface area contributed by atoms with E-state index in [1.807, 2.05) is 32.0 Å². The number of benzene rings is 1. The normalized spacial score (nSPS) is 20.4. The van der Waals surface area contributed by atoms with Crippen molar-refractivity contribution >= 4 is 11.7 Å². The minimum Gasteiger partial charge on any atom is -0.373 e. The number of aromatic nitrogens is 1. The van der Waals surface area contributed by atoms with Gasteiger partial charge in [-0.2, -0.15) is 0 Å². The number of morpholine rings is 1. The van der Waals surface area contributed by atoms with Crippen molar-refractivity contribution in [1.29, 1.82) is 0 Å². The fourth-order valence-electron chi connectivity index (χ4n) is 3.56. The zero-order valence-electron chi connectivity index (χ0n) is 16.2. The molecule has 0 aliphatic carbocycles. The molecule has 3 rings (SSSR count). The van der Waals surface area contributed by atoms with E-state index in [0.717, 1.165) is 13.1 Å². The van der Waals surface area contributed by atoms with Gasteiger partial charge < -0.3 is 19.9 Å². The molecule has 1 aliphatic rings. The summed E-state index contributed by atoms with van der Waals surface area (Å²) in [4.78, 5) is 14.8. The van der Waals surface area contributed by atoms with Gasteiger partial charge >= 0.3 is 6.03 Å². The summed E-state index contributed by atoms with van der Waals surface area (Å²) in [7, 11) is 0. The molecule has 7 heteroatoms. The number of anilines is 1. The van der Waals surface area contributed by atoms with Gasteiger partial charge in [-0.05, 0) is 19.0 Å². The smallest absolute Gasteiger partial charge is 0.319 e. The second-order valence-electron chi connectivity index (χ2n) is 6.65. The van der Waals surface area contributed by atoms with Gasteiger partial charge in [0.25, 0.3) is 0 Å². The number of amides is 2. The molecule has 2 N–H and O–H groups in total. The molecule has 2 atom stereocenters. The van der Waals surface area contributed by atoms with Gasteiger partial charge in [0.05, 0.1) is 18.8 Å². The van der Waals surface area contributed by atoms with Crippen LogP contribution in [-0.2, 0) is 11.2 Å². The average molecular weight is 372 g/mol. The molecule has 1 saturated heterocycles. The van der Waals surface area contributed by atoms with Gasteiger partial charge in [0.2, 0.25) is 0 Å². The second-order valence-corrected chi connectivity index (χ2v) is 6.65. The number of likely N-dealkylation sites (N-methyl/N-ethyl adjacent to an activating group) is 1. The standard InChI is InChI=1S/C20H28N4O3/c1-4-16-18(14(3)23-27-16)22-20(25)21-13-17-19(15-9-7-6-8-10-15)24(5-2)11-12-26-17/h6-10,17,19H,4-5,11-13H2,1-3H3,(H2,21,22,25)/t17-,19-/m0/s1. The highest BCUT2D eigenvalue weighted by Crippen LogP contribution is 2.29. The molecule has 1 aromatic carbocycles. The third kappa shape index (κ3) is 4.48. The van der Waals surface area contributed by atoms with E-state index in [1.54, 1.807) is 0 Å². The number of carbonyl (C=O) groups is 1. The van der Waals surface area contributed by atoms with Crippen LogP contribution in [0.4, 0.5) is 10.5 Å². The Morgan fingerprint density at radius 2 is 2.07 bits per heavy atom. The van der Waals surface area contributed by atoms with Crippen LogP contribution in [-0.4, -0.2) is 48.4 Å². The van der Waals surface area contributed by atoms with Crippen LogP contribution in [0, 0.1) is 6.92 Å². The number of rotatable bonds is 6. The van der Waals surface area contributed by atoms with Gasteiger partial charge in [-0.3, -0.25) is 4.90 Å². The second kappa shape index (κ2) is 9.01. The topological polar surface area (TPSA) is 79.6 Å². The third-order valence-electron chi connectivity index (χ3n) is 4.96. The van der Waals surface area contributed by atoms with E-state index < -0.39 is 0 Å². The van der Waals surface area contributed by atoms with Crippen molar-refractivity contribution in [1.82, 2.24) is 15.4 Å². The zero-order chi connectivity index (χ0) is 19.2. The maximum atomic E-state index is 12.4. The Morgan fingerprint density at radius 3 is 2.78 bits per heavy atom. The number of urea groups is 1. The molecule has 2 aromatic rings. The fourth-order valence-corrected chi connectivity index (χ4v) is 3.56. The summed E-state index contributed by atoms with van der Waals surface area (Å²) in [6, 6.07) is 10.2. The minimum absolute atomic E-state index is 0.110. The SMILES string of the molecule is CCc1onc(C)c1NC(=O)NC[C@@H]1OCCN(CC)[C@H]1c1ccccc1. The lowest BCUT2D eigenvalue weighted by Crippen LogP contribution is -2.50. The van der Waals surface area contributed by atoms with E-state index in [-0.39, 0.29) is 18.2 Å². The summed E-state index contributed by atoms with van der Waals surface area (Å²) in [5, 5.41) is 9.71. The number of ether oxygens (including phenoxy) is 1. The van der Waals surface area contributed by atoms with Crippen molar-refractivity contribution in [3.63, 3.8) is 0 Å². The van der Waals surface area contributed by atoms with E-state index >= 15 is 0 Å². The molecule has 1 aromatic heterocycles. The quantitative estimate of drug-likeness (QED) is 0.814. The Bertz CT molecular complexity index is 747. The molecule has 146 valence electrons. The summed E-state index contributed by atoms with van der Waals surface area (Å²) in [6.07, 6.45) is 0.560. The summed E-state index contributed by atoms with van der Waals surface area (Å²) < 4.78 is 11.2. The lowest BCUT2D eigenvalue weighted by atomic mass is 9.98.